The number of piperidine rings is 1. The van der Waals surface area contributed by atoms with E-state index < -0.39 is 0 Å². The number of aromatic nitrogens is 5. The number of H-pyrrole nitrogens is 1. The lowest BCUT2D eigenvalue weighted by atomic mass is 9.92. The molecule has 1 radical (unpaired) electrons. The van der Waals surface area contributed by atoms with Crippen LogP contribution in [0.5, 0.6) is 0 Å². The first-order valence-electron chi connectivity index (χ1n) is 11.6. The van der Waals surface area contributed by atoms with Gasteiger partial charge in [0.05, 0.1) is 11.9 Å². The van der Waals surface area contributed by atoms with Crippen molar-refractivity contribution in [3.63, 3.8) is 0 Å². The SMILES string of the molecule is CC1CC(N2C[C](n3cc(-c4ncnc5[nH]ccc45)cn3)C2)CCN1C(=O)c1cccc(F)c1. The Morgan fingerprint density at radius 1 is 1.21 bits per heavy atom. The summed E-state index contributed by atoms with van der Waals surface area (Å²) in [5.74, 6) is -0.470. The maximum Gasteiger partial charge on any atom is 0.254 e. The highest BCUT2D eigenvalue weighted by molar-refractivity contribution is 5.94. The minimum absolute atomic E-state index is 0.0911. The predicted octanol–water partition coefficient (Wildman–Crippen LogP) is 3.35. The number of hydrogen-bond acceptors (Lipinski definition) is 5. The molecule has 1 N–H and O–H groups in total. The van der Waals surface area contributed by atoms with Gasteiger partial charge in [-0.25, -0.2) is 14.4 Å². The van der Waals surface area contributed by atoms with Crippen molar-refractivity contribution in [2.24, 2.45) is 0 Å². The molecule has 0 aliphatic carbocycles. The van der Waals surface area contributed by atoms with E-state index >= 15 is 0 Å². The second-order valence-electron chi connectivity index (χ2n) is 9.14. The molecule has 3 aromatic heterocycles. The largest absolute Gasteiger partial charge is 0.346 e. The van der Waals surface area contributed by atoms with Crippen molar-refractivity contribution < 1.29 is 9.18 Å². The minimum Gasteiger partial charge on any atom is -0.346 e. The van der Waals surface area contributed by atoms with E-state index in [2.05, 4.69) is 31.9 Å². The Hall–Kier alpha value is -3.59. The van der Waals surface area contributed by atoms with Gasteiger partial charge in [-0.15, -0.1) is 0 Å². The number of carbonyl (C=O) groups excluding carboxylic acids is 1. The molecule has 8 nitrogen and oxygen atoms in total. The standard InChI is InChI=1S/C25H25FN7O/c1-16-9-20(6-8-32(16)25(34)17-3-2-4-19(26)10-17)31-13-21(14-31)33-12-18(11-30-33)23-22-5-7-27-24(22)29-15-28-23/h2-5,7,10-12,15-16,20H,6,8-9,13-14H2,1H3,(H,27,28,29). The van der Waals surface area contributed by atoms with Crippen molar-refractivity contribution in [1.82, 2.24) is 34.5 Å². The van der Waals surface area contributed by atoms with E-state index in [4.69, 9.17) is 0 Å². The van der Waals surface area contributed by atoms with Crippen molar-refractivity contribution in [3.8, 4) is 11.3 Å². The summed E-state index contributed by atoms with van der Waals surface area (Å²) in [5.41, 5.74) is 3.07. The molecule has 173 valence electrons. The summed E-state index contributed by atoms with van der Waals surface area (Å²) in [6, 6.07) is 9.71. The number of aromatic amines is 1. The fourth-order valence-electron chi connectivity index (χ4n) is 5.11. The molecule has 4 aromatic rings. The maximum absolute atomic E-state index is 13.5. The van der Waals surface area contributed by atoms with E-state index in [1.165, 1.54) is 18.2 Å². The van der Waals surface area contributed by atoms with Gasteiger partial charge in [-0.05, 0) is 44.0 Å². The van der Waals surface area contributed by atoms with Crippen molar-refractivity contribution in [2.75, 3.05) is 19.6 Å². The molecule has 1 amide bonds. The Balaban J connectivity index is 1.07. The first-order valence-corrected chi connectivity index (χ1v) is 11.6. The van der Waals surface area contributed by atoms with Gasteiger partial charge in [0.25, 0.3) is 5.91 Å². The van der Waals surface area contributed by atoms with Crippen LogP contribution in [-0.2, 0) is 0 Å². The van der Waals surface area contributed by atoms with Gasteiger partial charge in [-0.3, -0.25) is 14.4 Å². The van der Waals surface area contributed by atoms with E-state index in [0.29, 0.717) is 18.2 Å². The highest BCUT2D eigenvalue weighted by atomic mass is 19.1. The lowest BCUT2D eigenvalue weighted by Crippen LogP contribution is -2.58. The smallest absolute Gasteiger partial charge is 0.254 e. The number of nitrogens with one attached hydrogen (secondary N) is 1. The summed E-state index contributed by atoms with van der Waals surface area (Å²) in [6.45, 7) is 4.48. The Morgan fingerprint density at radius 2 is 2.09 bits per heavy atom. The number of hydrogen-bond donors (Lipinski definition) is 1. The molecule has 0 bridgehead atoms. The Morgan fingerprint density at radius 3 is 2.91 bits per heavy atom. The van der Waals surface area contributed by atoms with Crippen LogP contribution in [0.1, 0.15) is 30.1 Å². The number of fused-ring (bicyclic) bond motifs is 1. The van der Waals surface area contributed by atoms with Crippen LogP contribution in [-0.4, -0.2) is 72.2 Å². The van der Waals surface area contributed by atoms with Crippen LogP contribution in [0.4, 0.5) is 4.39 Å². The molecule has 6 rings (SSSR count). The zero-order chi connectivity index (χ0) is 23.2. The van der Waals surface area contributed by atoms with Crippen LogP contribution in [0.25, 0.3) is 22.3 Å². The summed E-state index contributed by atoms with van der Waals surface area (Å²) in [5, 5.41) is 5.56. The number of benzene rings is 1. The molecule has 0 spiro atoms. The molecule has 2 fully saturated rings. The highest BCUT2D eigenvalue weighted by Gasteiger charge is 2.39. The second-order valence-corrected chi connectivity index (χ2v) is 9.14. The molecule has 1 aromatic carbocycles. The number of nitrogens with zero attached hydrogens (tertiary/aromatic N) is 6. The Bertz CT molecular complexity index is 1340. The van der Waals surface area contributed by atoms with Crippen LogP contribution in [0.15, 0.2) is 55.2 Å². The van der Waals surface area contributed by atoms with Crippen molar-refractivity contribution >= 4 is 16.9 Å². The van der Waals surface area contributed by atoms with E-state index in [-0.39, 0.29) is 17.8 Å². The summed E-state index contributed by atoms with van der Waals surface area (Å²) in [7, 11) is 0. The molecule has 2 aliphatic heterocycles. The molecule has 2 unspecified atom stereocenters. The molecule has 2 atom stereocenters. The van der Waals surface area contributed by atoms with E-state index in [0.717, 1.165) is 48.2 Å². The summed E-state index contributed by atoms with van der Waals surface area (Å²) < 4.78 is 15.5. The van der Waals surface area contributed by atoms with Crippen LogP contribution < -0.4 is 0 Å². The molecule has 2 saturated heterocycles. The van der Waals surface area contributed by atoms with Gasteiger partial charge in [0.2, 0.25) is 0 Å². The van der Waals surface area contributed by atoms with Crippen LogP contribution >= 0.6 is 0 Å². The third-order valence-electron chi connectivity index (χ3n) is 7.00. The molecule has 5 heterocycles. The fraction of sp³-hybridized carbons (Fsp3) is 0.320. The van der Waals surface area contributed by atoms with Crippen molar-refractivity contribution in [2.45, 2.75) is 31.8 Å². The summed E-state index contributed by atoms with van der Waals surface area (Å²) in [6.07, 6.45) is 9.13. The van der Waals surface area contributed by atoms with Gasteiger partial charge in [0.1, 0.15) is 23.8 Å². The van der Waals surface area contributed by atoms with Crippen LogP contribution in [0, 0.1) is 11.9 Å². The Kier molecular flexibility index (Phi) is 5.13. The topological polar surface area (TPSA) is 82.9 Å². The maximum atomic E-state index is 13.5. The number of amides is 1. The quantitative estimate of drug-likeness (QED) is 0.507. The molecular weight excluding hydrogens is 433 g/mol. The highest BCUT2D eigenvalue weighted by Crippen LogP contribution is 2.31. The average Bonchev–Trinajstić information content (AvgIpc) is 3.48. The first-order chi connectivity index (χ1) is 16.6. The normalized spacial score (nSPS) is 21.6. The molecule has 0 saturated carbocycles. The predicted molar refractivity (Wildman–Crippen MR) is 125 cm³/mol. The lowest BCUT2D eigenvalue weighted by molar-refractivity contribution is 0.0346. The Labute approximate surface area is 196 Å². The van der Waals surface area contributed by atoms with Gasteiger partial charge >= 0.3 is 0 Å². The molecule has 9 heteroatoms. The van der Waals surface area contributed by atoms with E-state index in [9.17, 15) is 9.18 Å². The van der Waals surface area contributed by atoms with Crippen LogP contribution in [0.3, 0.4) is 0 Å². The van der Waals surface area contributed by atoms with E-state index in [1.54, 1.807) is 18.5 Å². The van der Waals surface area contributed by atoms with Crippen molar-refractivity contribution in [1.29, 1.82) is 0 Å². The third-order valence-corrected chi connectivity index (χ3v) is 7.00. The monoisotopic (exact) mass is 458 g/mol. The average molecular weight is 459 g/mol. The minimum atomic E-state index is -0.379. The van der Waals surface area contributed by atoms with Gasteiger partial charge in [0, 0.05) is 60.6 Å². The third kappa shape index (κ3) is 3.66. The fourth-order valence-corrected chi connectivity index (χ4v) is 5.11. The number of carbonyl (C=O) groups is 1. The zero-order valence-corrected chi connectivity index (χ0v) is 18.9. The van der Waals surface area contributed by atoms with Gasteiger partial charge in [0.15, 0.2) is 0 Å². The van der Waals surface area contributed by atoms with Gasteiger partial charge < -0.3 is 9.88 Å². The second kappa shape index (κ2) is 8.32. The molecule has 2 aliphatic rings. The first kappa shape index (κ1) is 21.0. The van der Waals surface area contributed by atoms with Gasteiger partial charge in [-0.2, -0.15) is 5.10 Å². The number of rotatable bonds is 4. The molecular formula is C25H25FN7O. The lowest BCUT2D eigenvalue weighted by Gasteiger charge is -2.48. The summed E-state index contributed by atoms with van der Waals surface area (Å²) in [4.78, 5) is 29.0. The summed E-state index contributed by atoms with van der Waals surface area (Å²) >= 11 is 0. The van der Waals surface area contributed by atoms with Gasteiger partial charge in [-0.1, -0.05) is 6.07 Å². The van der Waals surface area contributed by atoms with Crippen LogP contribution in [0.2, 0.25) is 0 Å². The van der Waals surface area contributed by atoms with E-state index in [1.807, 2.05) is 34.2 Å². The number of halogens is 1. The molecule has 34 heavy (non-hydrogen) atoms. The zero-order valence-electron chi connectivity index (χ0n) is 18.9. The number of likely N-dealkylation sites (tertiary alicyclic amines) is 2. The van der Waals surface area contributed by atoms with Crippen molar-refractivity contribution in [3.05, 3.63) is 72.7 Å².